The molecule has 0 aromatic heterocycles. The highest BCUT2D eigenvalue weighted by Gasteiger charge is 2.29. The lowest BCUT2D eigenvalue weighted by molar-refractivity contribution is 0.254. The molecule has 1 aliphatic heterocycles. The molecule has 0 spiro atoms. The van der Waals surface area contributed by atoms with Crippen LogP contribution in [-0.2, 0) is 0 Å². The second kappa shape index (κ2) is 5.10. The quantitative estimate of drug-likeness (QED) is 0.837. The van der Waals surface area contributed by atoms with Crippen LogP contribution in [0.2, 0.25) is 5.02 Å². The number of anilines is 1. The molecule has 1 heterocycles. The molecule has 0 aliphatic carbocycles. The summed E-state index contributed by atoms with van der Waals surface area (Å²) >= 11 is 6.12. The normalized spacial score (nSPS) is 21.2. The van der Waals surface area contributed by atoms with Crippen LogP contribution in [0.1, 0.15) is 26.3 Å². The second-order valence-electron chi connectivity index (χ2n) is 6.25. The molecular weight excluding hydrogens is 244 g/mol. The van der Waals surface area contributed by atoms with Crippen molar-refractivity contribution in [1.29, 1.82) is 0 Å². The molecule has 1 atom stereocenters. The van der Waals surface area contributed by atoms with E-state index in [0.29, 0.717) is 6.04 Å². The Hall–Kier alpha value is -0.730. The van der Waals surface area contributed by atoms with Crippen LogP contribution in [0.4, 0.5) is 5.69 Å². The second-order valence-corrected chi connectivity index (χ2v) is 6.69. The van der Waals surface area contributed by atoms with E-state index in [1.54, 1.807) is 0 Å². The number of rotatable bonds is 1. The third-order valence-corrected chi connectivity index (χ3v) is 3.97. The first-order chi connectivity index (χ1) is 8.38. The van der Waals surface area contributed by atoms with Crippen molar-refractivity contribution in [1.82, 2.24) is 5.32 Å². The minimum atomic E-state index is 0.283. The van der Waals surface area contributed by atoms with E-state index < -0.39 is 0 Å². The number of benzene rings is 1. The van der Waals surface area contributed by atoms with Crippen molar-refractivity contribution < 1.29 is 0 Å². The Bertz CT molecular complexity index is 423. The first-order valence-electron chi connectivity index (χ1n) is 6.62. The van der Waals surface area contributed by atoms with Gasteiger partial charge in [-0.25, -0.2) is 0 Å². The van der Waals surface area contributed by atoms with Crippen LogP contribution in [-0.4, -0.2) is 25.7 Å². The summed E-state index contributed by atoms with van der Waals surface area (Å²) in [7, 11) is 0. The van der Waals surface area contributed by atoms with Gasteiger partial charge in [-0.05, 0) is 30.0 Å². The fourth-order valence-corrected chi connectivity index (χ4v) is 2.64. The van der Waals surface area contributed by atoms with Crippen molar-refractivity contribution in [2.24, 2.45) is 5.41 Å². The molecule has 2 rings (SSSR count). The summed E-state index contributed by atoms with van der Waals surface area (Å²) in [5.41, 5.74) is 2.86. The van der Waals surface area contributed by atoms with Gasteiger partial charge in [-0.15, -0.1) is 0 Å². The van der Waals surface area contributed by atoms with E-state index in [0.717, 1.165) is 24.7 Å². The van der Waals surface area contributed by atoms with Crippen LogP contribution in [0.25, 0.3) is 0 Å². The third-order valence-electron chi connectivity index (χ3n) is 3.73. The summed E-state index contributed by atoms with van der Waals surface area (Å²) in [5, 5.41) is 4.44. The highest BCUT2D eigenvalue weighted by atomic mass is 35.5. The maximum atomic E-state index is 6.12. The fourth-order valence-electron chi connectivity index (χ4n) is 2.47. The van der Waals surface area contributed by atoms with Crippen molar-refractivity contribution in [2.45, 2.75) is 33.7 Å². The first kappa shape index (κ1) is 13.7. The van der Waals surface area contributed by atoms with Gasteiger partial charge in [0.25, 0.3) is 0 Å². The van der Waals surface area contributed by atoms with E-state index in [1.807, 2.05) is 6.07 Å². The Labute approximate surface area is 115 Å². The van der Waals surface area contributed by atoms with Gasteiger partial charge < -0.3 is 10.2 Å². The minimum Gasteiger partial charge on any atom is -0.368 e. The van der Waals surface area contributed by atoms with Gasteiger partial charge in [0.2, 0.25) is 0 Å². The Morgan fingerprint density at radius 2 is 2.06 bits per heavy atom. The van der Waals surface area contributed by atoms with Crippen LogP contribution >= 0.6 is 11.6 Å². The molecule has 3 heteroatoms. The first-order valence-corrected chi connectivity index (χ1v) is 7.00. The van der Waals surface area contributed by atoms with E-state index in [4.69, 9.17) is 11.6 Å². The lowest BCUT2D eigenvalue weighted by Gasteiger charge is -2.42. The Morgan fingerprint density at radius 1 is 1.33 bits per heavy atom. The number of halogens is 1. The van der Waals surface area contributed by atoms with E-state index in [-0.39, 0.29) is 5.41 Å². The van der Waals surface area contributed by atoms with Crippen molar-refractivity contribution in [2.75, 3.05) is 24.5 Å². The number of nitrogens with zero attached hydrogens (tertiary/aromatic N) is 1. The fraction of sp³-hybridized carbons (Fsp3) is 0.600. The van der Waals surface area contributed by atoms with Gasteiger partial charge in [0.15, 0.2) is 0 Å². The molecule has 1 N–H and O–H groups in total. The van der Waals surface area contributed by atoms with Gasteiger partial charge in [-0.3, -0.25) is 0 Å². The molecule has 1 aromatic rings. The molecule has 1 fully saturated rings. The average molecular weight is 267 g/mol. The van der Waals surface area contributed by atoms with Crippen LogP contribution in [0.3, 0.4) is 0 Å². The Balaban J connectivity index is 2.21. The Kier molecular flexibility index (Phi) is 3.88. The molecule has 1 unspecified atom stereocenters. The van der Waals surface area contributed by atoms with Gasteiger partial charge in [0.05, 0.1) is 0 Å². The number of piperazine rings is 1. The van der Waals surface area contributed by atoms with E-state index in [1.165, 1.54) is 11.3 Å². The van der Waals surface area contributed by atoms with Gasteiger partial charge in [0.1, 0.15) is 0 Å². The molecule has 1 aliphatic rings. The van der Waals surface area contributed by atoms with Gasteiger partial charge in [0, 0.05) is 36.4 Å². The summed E-state index contributed by atoms with van der Waals surface area (Å²) in [5.74, 6) is 0. The maximum Gasteiger partial charge on any atom is 0.0426 e. The van der Waals surface area contributed by atoms with Gasteiger partial charge >= 0.3 is 0 Å². The van der Waals surface area contributed by atoms with Crippen LogP contribution in [0.5, 0.6) is 0 Å². The summed E-state index contributed by atoms with van der Waals surface area (Å²) < 4.78 is 0. The molecule has 0 saturated carbocycles. The molecule has 100 valence electrons. The van der Waals surface area contributed by atoms with Gasteiger partial charge in [-0.2, -0.15) is 0 Å². The monoisotopic (exact) mass is 266 g/mol. The summed E-state index contributed by atoms with van der Waals surface area (Å²) in [4.78, 5) is 2.45. The summed E-state index contributed by atoms with van der Waals surface area (Å²) in [6.07, 6.45) is 0. The standard InChI is InChI=1S/C15H23ClN2/c1-11-5-6-12(16)9-13(11)18-8-7-17-14(10-18)15(2,3)4/h5-6,9,14,17H,7-8,10H2,1-4H3. The predicted octanol–water partition coefficient (Wildman–Crippen LogP) is 3.47. The van der Waals surface area contributed by atoms with E-state index in [9.17, 15) is 0 Å². The lowest BCUT2D eigenvalue weighted by atomic mass is 9.85. The summed E-state index contributed by atoms with van der Waals surface area (Å²) in [6, 6.07) is 6.67. The van der Waals surface area contributed by atoms with Gasteiger partial charge in [-0.1, -0.05) is 38.4 Å². The van der Waals surface area contributed by atoms with Crippen LogP contribution in [0.15, 0.2) is 18.2 Å². The van der Waals surface area contributed by atoms with Crippen LogP contribution in [0, 0.1) is 12.3 Å². The number of aryl methyl sites for hydroxylation is 1. The van der Waals surface area contributed by atoms with E-state index >= 15 is 0 Å². The van der Waals surface area contributed by atoms with E-state index in [2.05, 4.69) is 50.0 Å². The highest BCUT2D eigenvalue weighted by molar-refractivity contribution is 6.30. The topological polar surface area (TPSA) is 15.3 Å². The molecule has 0 bridgehead atoms. The lowest BCUT2D eigenvalue weighted by Crippen LogP contribution is -2.56. The SMILES string of the molecule is Cc1ccc(Cl)cc1N1CCNC(C(C)(C)C)C1. The minimum absolute atomic E-state index is 0.283. The molecule has 1 saturated heterocycles. The largest absolute Gasteiger partial charge is 0.368 e. The number of hydrogen-bond donors (Lipinski definition) is 1. The molecule has 0 amide bonds. The molecular formula is C15H23ClN2. The maximum absolute atomic E-state index is 6.12. The molecule has 2 nitrogen and oxygen atoms in total. The van der Waals surface area contributed by atoms with Crippen molar-refractivity contribution in [3.8, 4) is 0 Å². The third kappa shape index (κ3) is 2.99. The number of hydrogen-bond acceptors (Lipinski definition) is 2. The zero-order valence-electron chi connectivity index (χ0n) is 11.8. The van der Waals surface area contributed by atoms with Crippen molar-refractivity contribution in [3.63, 3.8) is 0 Å². The highest BCUT2D eigenvalue weighted by Crippen LogP contribution is 2.28. The smallest absolute Gasteiger partial charge is 0.0426 e. The van der Waals surface area contributed by atoms with Crippen molar-refractivity contribution >= 4 is 17.3 Å². The Morgan fingerprint density at radius 3 is 2.72 bits per heavy atom. The molecule has 1 aromatic carbocycles. The van der Waals surface area contributed by atoms with Crippen molar-refractivity contribution in [3.05, 3.63) is 28.8 Å². The molecule has 18 heavy (non-hydrogen) atoms. The van der Waals surface area contributed by atoms with Crippen LogP contribution < -0.4 is 10.2 Å². The average Bonchev–Trinajstić information content (AvgIpc) is 2.31. The number of nitrogens with one attached hydrogen (secondary N) is 1. The molecule has 0 radical (unpaired) electrons. The zero-order valence-corrected chi connectivity index (χ0v) is 12.5. The zero-order chi connectivity index (χ0) is 13.3. The predicted molar refractivity (Wildman–Crippen MR) is 79.6 cm³/mol. The summed E-state index contributed by atoms with van der Waals surface area (Å²) in [6.45, 7) is 12.2.